The van der Waals surface area contributed by atoms with Gasteiger partial charge in [-0.05, 0) is 0 Å². The SMILES string of the molecule is O=[N+]([O-])[O-].O=[N+]([O-])[O-].O=[N+]([O-])[O-].[Re]. The Morgan fingerprint density at radius 3 is 0.538 bits per heavy atom. The molecule has 0 aliphatic heterocycles. The molecule has 13 heteroatoms. The van der Waals surface area contributed by atoms with Crippen molar-refractivity contribution >= 4 is 0 Å². The molecule has 0 aliphatic carbocycles. The quantitative estimate of drug-likeness (QED) is 0.388. The number of hydrogen-bond acceptors (Lipinski definition) is 9. The summed E-state index contributed by atoms with van der Waals surface area (Å²) in [4.78, 5) is 24.8. The largest absolute Gasteiger partial charge is 0.356 e. The van der Waals surface area contributed by atoms with Crippen molar-refractivity contribution in [2.75, 3.05) is 0 Å². The van der Waals surface area contributed by atoms with E-state index in [4.69, 9.17) is 46.0 Å². The molecule has 0 bridgehead atoms. The van der Waals surface area contributed by atoms with Crippen LogP contribution in [0.5, 0.6) is 0 Å². The van der Waals surface area contributed by atoms with Gasteiger partial charge < -0.3 is 46.0 Å². The van der Waals surface area contributed by atoms with E-state index in [0.717, 1.165) is 0 Å². The average molecular weight is 372 g/mol. The molecule has 0 saturated heterocycles. The molecule has 0 unspecified atom stereocenters. The molecule has 0 atom stereocenters. The minimum atomic E-state index is -1.75. The maximum Gasteiger partial charge on any atom is 0.0689 e. The fraction of sp³-hybridized carbons (Fsp3) is 0. The van der Waals surface area contributed by atoms with Gasteiger partial charge in [-0.1, -0.05) is 0 Å². The summed E-state index contributed by atoms with van der Waals surface area (Å²) in [7, 11) is 0. The standard InChI is InChI=1S/3NO3.Re/c3*2-1(3)4;/q3*-1;. The van der Waals surface area contributed by atoms with Crippen LogP contribution in [-0.4, -0.2) is 15.3 Å². The second-order valence-electron chi connectivity index (χ2n) is 0.671. The summed E-state index contributed by atoms with van der Waals surface area (Å²) in [6.07, 6.45) is 0. The molecule has 0 spiro atoms. The Morgan fingerprint density at radius 1 is 0.538 bits per heavy atom. The van der Waals surface area contributed by atoms with Crippen LogP contribution < -0.4 is 0 Å². The minimum absolute atomic E-state index is 0. The van der Waals surface area contributed by atoms with Gasteiger partial charge in [0.15, 0.2) is 0 Å². The van der Waals surface area contributed by atoms with Crippen LogP contribution in [0.3, 0.4) is 0 Å². The Morgan fingerprint density at radius 2 is 0.538 bits per heavy atom. The Kier molecular flexibility index (Phi) is 28.9. The maximum atomic E-state index is 8.25. The topological polar surface area (TPSA) is 199 Å². The normalized spacial score (nSPS) is 5.54. The van der Waals surface area contributed by atoms with E-state index < -0.39 is 15.3 Å². The van der Waals surface area contributed by atoms with Crippen molar-refractivity contribution in [3.8, 4) is 0 Å². The summed E-state index contributed by atoms with van der Waals surface area (Å²) < 4.78 is 0. The van der Waals surface area contributed by atoms with Crippen molar-refractivity contribution in [3.05, 3.63) is 46.0 Å². The van der Waals surface area contributed by atoms with Crippen molar-refractivity contribution in [3.63, 3.8) is 0 Å². The van der Waals surface area contributed by atoms with Gasteiger partial charge in [0.05, 0.1) is 15.3 Å². The first-order valence-corrected chi connectivity index (χ1v) is 1.64. The fourth-order valence-electron chi connectivity index (χ4n) is 0. The van der Waals surface area contributed by atoms with Crippen LogP contribution in [0.2, 0.25) is 0 Å². The van der Waals surface area contributed by atoms with Crippen molar-refractivity contribution in [2.45, 2.75) is 0 Å². The predicted octanol–water partition coefficient (Wildman–Crippen LogP) is -0.720. The molecule has 0 N–H and O–H groups in total. The van der Waals surface area contributed by atoms with Crippen molar-refractivity contribution in [1.29, 1.82) is 0 Å². The van der Waals surface area contributed by atoms with Crippen LogP contribution in [-0.2, 0) is 20.4 Å². The minimum Gasteiger partial charge on any atom is -0.356 e. The zero-order valence-electron chi connectivity index (χ0n) is 5.39. The summed E-state index contributed by atoms with van der Waals surface area (Å²) in [5, 5.41) is 44.2. The van der Waals surface area contributed by atoms with Crippen LogP contribution in [0.15, 0.2) is 0 Å². The fourth-order valence-corrected chi connectivity index (χ4v) is 0. The van der Waals surface area contributed by atoms with Gasteiger partial charge in [0.25, 0.3) is 0 Å². The van der Waals surface area contributed by atoms with Gasteiger partial charge in [-0.15, -0.1) is 0 Å². The summed E-state index contributed by atoms with van der Waals surface area (Å²) in [5.41, 5.74) is 0. The average Bonchev–Trinajstić information content (AvgIpc) is 1.54. The van der Waals surface area contributed by atoms with Crippen LogP contribution in [0.25, 0.3) is 0 Å². The van der Waals surface area contributed by atoms with E-state index in [-0.39, 0.29) is 20.4 Å². The van der Waals surface area contributed by atoms with E-state index in [1.807, 2.05) is 0 Å². The molecule has 12 nitrogen and oxygen atoms in total. The van der Waals surface area contributed by atoms with Gasteiger partial charge in [0, 0.05) is 20.4 Å². The van der Waals surface area contributed by atoms with Gasteiger partial charge in [0.2, 0.25) is 0 Å². The van der Waals surface area contributed by atoms with Crippen molar-refractivity contribution in [2.24, 2.45) is 0 Å². The van der Waals surface area contributed by atoms with Crippen molar-refractivity contribution < 1.29 is 35.7 Å². The van der Waals surface area contributed by atoms with E-state index in [9.17, 15) is 0 Å². The summed E-state index contributed by atoms with van der Waals surface area (Å²) in [6.45, 7) is 0. The number of hydrogen-bond donors (Lipinski definition) is 0. The zero-order valence-corrected chi connectivity index (χ0v) is 8.11. The van der Waals surface area contributed by atoms with Crippen molar-refractivity contribution in [1.82, 2.24) is 0 Å². The molecule has 0 rings (SSSR count). The first-order chi connectivity index (χ1) is 5.20. The van der Waals surface area contributed by atoms with Gasteiger partial charge >= 0.3 is 0 Å². The Hall–Kier alpha value is -1.74. The van der Waals surface area contributed by atoms with E-state index in [1.54, 1.807) is 0 Å². The molecule has 0 aromatic carbocycles. The van der Waals surface area contributed by atoms with Crippen LogP contribution >= 0.6 is 0 Å². The monoisotopic (exact) mass is 373 g/mol. The predicted molar refractivity (Wildman–Crippen MR) is 31.1 cm³/mol. The first kappa shape index (κ1) is 22.5. The molecular formula is N3O9Re-3. The molecule has 0 aliphatic rings. The van der Waals surface area contributed by atoms with E-state index in [1.165, 1.54) is 0 Å². The third-order valence-corrected chi connectivity index (χ3v) is 0. The Bertz CT molecular complexity index is 112. The van der Waals surface area contributed by atoms with Gasteiger partial charge in [-0.2, -0.15) is 0 Å². The Labute approximate surface area is 82.4 Å². The molecule has 0 aromatic heterocycles. The second-order valence-corrected chi connectivity index (χ2v) is 0.671. The number of rotatable bonds is 0. The van der Waals surface area contributed by atoms with Crippen LogP contribution in [0, 0.1) is 46.0 Å². The maximum absolute atomic E-state index is 8.25. The van der Waals surface area contributed by atoms with Gasteiger partial charge in [-0.3, -0.25) is 0 Å². The van der Waals surface area contributed by atoms with Crippen LogP contribution in [0.1, 0.15) is 0 Å². The Balaban J connectivity index is -0.0000000450. The van der Waals surface area contributed by atoms with E-state index in [2.05, 4.69) is 0 Å². The molecule has 79 valence electrons. The molecular weight excluding hydrogens is 372 g/mol. The molecule has 0 saturated carbocycles. The van der Waals surface area contributed by atoms with Gasteiger partial charge in [-0.25, -0.2) is 0 Å². The molecule has 0 heterocycles. The summed E-state index contributed by atoms with van der Waals surface area (Å²) in [5.74, 6) is 0. The second kappa shape index (κ2) is 16.7. The van der Waals surface area contributed by atoms with E-state index >= 15 is 0 Å². The third kappa shape index (κ3) is 232. The van der Waals surface area contributed by atoms with E-state index in [0.29, 0.717) is 0 Å². The molecule has 13 heavy (non-hydrogen) atoms. The summed E-state index contributed by atoms with van der Waals surface area (Å²) in [6, 6.07) is 0. The molecule has 1 radical (unpaired) electrons. The summed E-state index contributed by atoms with van der Waals surface area (Å²) >= 11 is 0. The number of nitrogens with zero attached hydrogens (tertiary/aromatic N) is 3. The third-order valence-electron chi connectivity index (χ3n) is 0. The zero-order chi connectivity index (χ0) is 10.7. The first-order valence-electron chi connectivity index (χ1n) is 1.64. The van der Waals surface area contributed by atoms with Crippen LogP contribution in [0.4, 0.5) is 0 Å². The smallest absolute Gasteiger partial charge is 0.0689 e. The van der Waals surface area contributed by atoms with Gasteiger partial charge in [0.1, 0.15) is 0 Å². The molecule has 0 fully saturated rings. The molecule has 0 aromatic rings. The molecule has 0 amide bonds.